The average molecular weight is 254 g/mol. The molecule has 0 aliphatic rings. The molecule has 7 nitrogen and oxygen atoms in total. The first kappa shape index (κ1) is 14.1. The van der Waals surface area contributed by atoms with E-state index in [1.807, 2.05) is 20.8 Å². The second kappa shape index (κ2) is 6.13. The van der Waals surface area contributed by atoms with Gasteiger partial charge >= 0.3 is 5.69 Å². The van der Waals surface area contributed by atoms with Crippen LogP contribution in [0.2, 0.25) is 0 Å². The topological polar surface area (TPSA) is 90.2 Å². The van der Waals surface area contributed by atoms with E-state index in [2.05, 4.69) is 15.3 Å². The number of aromatic nitrogens is 2. The molecule has 100 valence electrons. The maximum atomic E-state index is 11.1. The Hall–Kier alpha value is -1.92. The number of nitrogens with zero attached hydrogens (tertiary/aromatic N) is 3. The second-order valence-electron chi connectivity index (χ2n) is 3.98. The predicted molar refractivity (Wildman–Crippen MR) is 68.0 cm³/mol. The van der Waals surface area contributed by atoms with E-state index in [4.69, 9.17) is 4.74 Å². The molecule has 0 spiro atoms. The number of aryl methyl sites for hydroxylation is 1. The zero-order valence-electron chi connectivity index (χ0n) is 11.1. The van der Waals surface area contributed by atoms with Gasteiger partial charge in [-0.05, 0) is 20.8 Å². The van der Waals surface area contributed by atoms with Crippen molar-refractivity contribution in [3.8, 4) is 5.88 Å². The number of hydrogen-bond donors (Lipinski definition) is 1. The zero-order chi connectivity index (χ0) is 13.7. The van der Waals surface area contributed by atoms with Crippen molar-refractivity contribution in [1.29, 1.82) is 0 Å². The monoisotopic (exact) mass is 254 g/mol. The van der Waals surface area contributed by atoms with Crippen LogP contribution in [0.15, 0.2) is 0 Å². The van der Waals surface area contributed by atoms with Gasteiger partial charge in [-0.15, -0.1) is 0 Å². The van der Waals surface area contributed by atoms with Crippen molar-refractivity contribution in [3.05, 3.63) is 15.9 Å². The van der Waals surface area contributed by atoms with E-state index >= 15 is 0 Å². The molecule has 1 rings (SSSR count). The minimum absolute atomic E-state index is 0.0255. The molecule has 0 amide bonds. The summed E-state index contributed by atoms with van der Waals surface area (Å²) in [5.41, 5.74) is -0.206. The number of anilines is 1. The highest BCUT2D eigenvalue weighted by atomic mass is 16.6. The molecule has 0 atom stereocenters. The fourth-order valence-corrected chi connectivity index (χ4v) is 1.41. The predicted octanol–water partition coefficient (Wildman–Crippen LogP) is 2.17. The minimum atomic E-state index is -0.519. The third-order valence-corrected chi connectivity index (χ3v) is 2.10. The summed E-state index contributed by atoms with van der Waals surface area (Å²) in [6, 6.07) is 0.0396. The Labute approximate surface area is 106 Å². The molecule has 0 aliphatic carbocycles. The van der Waals surface area contributed by atoms with Crippen LogP contribution >= 0.6 is 0 Å². The number of nitrogens with one attached hydrogen (secondary N) is 1. The first-order valence-electron chi connectivity index (χ1n) is 5.94. The van der Waals surface area contributed by atoms with Gasteiger partial charge in [0.1, 0.15) is 5.82 Å². The molecule has 7 heteroatoms. The maximum absolute atomic E-state index is 11.1. The summed E-state index contributed by atoms with van der Waals surface area (Å²) >= 11 is 0. The van der Waals surface area contributed by atoms with Gasteiger partial charge < -0.3 is 10.1 Å². The van der Waals surface area contributed by atoms with Gasteiger partial charge in [0, 0.05) is 12.5 Å². The van der Waals surface area contributed by atoms with Crippen LogP contribution in [0.4, 0.5) is 11.5 Å². The van der Waals surface area contributed by atoms with Gasteiger partial charge in [0.2, 0.25) is 5.82 Å². The Morgan fingerprint density at radius 1 is 1.39 bits per heavy atom. The van der Waals surface area contributed by atoms with Gasteiger partial charge in [-0.3, -0.25) is 10.1 Å². The molecule has 1 N–H and O–H groups in total. The highest BCUT2D eigenvalue weighted by Crippen LogP contribution is 2.32. The maximum Gasteiger partial charge on any atom is 0.372 e. The normalized spacial score (nSPS) is 10.5. The van der Waals surface area contributed by atoms with Gasteiger partial charge in [-0.1, -0.05) is 6.92 Å². The van der Waals surface area contributed by atoms with Crippen LogP contribution in [0.5, 0.6) is 5.88 Å². The van der Waals surface area contributed by atoms with E-state index in [0.717, 1.165) is 0 Å². The molecule has 18 heavy (non-hydrogen) atoms. The third kappa shape index (κ3) is 3.28. The molecule has 0 aliphatic heterocycles. The molecule has 0 saturated heterocycles. The molecule has 0 aromatic carbocycles. The lowest BCUT2D eigenvalue weighted by atomic mass is 10.3. The van der Waals surface area contributed by atoms with Gasteiger partial charge in [-0.25, -0.2) is 4.98 Å². The van der Waals surface area contributed by atoms with E-state index < -0.39 is 4.92 Å². The van der Waals surface area contributed by atoms with E-state index in [1.165, 1.54) is 0 Å². The Morgan fingerprint density at radius 3 is 2.50 bits per heavy atom. The highest BCUT2D eigenvalue weighted by molar-refractivity contribution is 5.62. The van der Waals surface area contributed by atoms with Crippen LogP contribution < -0.4 is 10.1 Å². The van der Waals surface area contributed by atoms with E-state index in [0.29, 0.717) is 18.9 Å². The van der Waals surface area contributed by atoms with Crippen LogP contribution in [-0.4, -0.2) is 27.5 Å². The van der Waals surface area contributed by atoms with E-state index in [9.17, 15) is 10.1 Å². The lowest BCUT2D eigenvalue weighted by molar-refractivity contribution is -0.385. The SMILES string of the molecule is CCOc1nc(CC)nc(NC(C)C)c1[N+](=O)[O-]. The molecule has 1 aromatic rings. The first-order chi connectivity index (χ1) is 8.49. The molecule has 0 bridgehead atoms. The first-order valence-corrected chi connectivity index (χ1v) is 5.94. The molecule has 1 aromatic heterocycles. The number of nitro groups is 1. The smallest absolute Gasteiger partial charge is 0.372 e. The van der Waals surface area contributed by atoms with Gasteiger partial charge in [0.25, 0.3) is 5.88 Å². The van der Waals surface area contributed by atoms with Crippen LogP contribution in [0, 0.1) is 10.1 Å². The van der Waals surface area contributed by atoms with Crippen molar-refractivity contribution < 1.29 is 9.66 Å². The summed E-state index contributed by atoms with van der Waals surface area (Å²) in [6.45, 7) is 7.74. The van der Waals surface area contributed by atoms with Crippen molar-refractivity contribution in [2.24, 2.45) is 0 Å². The summed E-state index contributed by atoms with van der Waals surface area (Å²) in [6.07, 6.45) is 0.588. The molecular weight excluding hydrogens is 236 g/mol. The van der Waals surface area contributed by atoms with Crippen molar-refractivity contribution in [3.63, 3.8) is 0 Å². The number of rotatable bonds is 6. The fourth-order valence-electron chi connectivity index (χ4n) is 1.41. The molecule has 0 fully saturated rings. The molecule has 0 unspecified atom stereocenters. The molecule has 0 saturated carbocycles. The van der Waals surface area contributed by atoms with Crippen molar-refractivity contribution in [1.82, 2.24) is 9.97 Å². The quantitative estimate of drug-likeness (QED) is 0.618. The summed E-state index contributed by atoms with van der Waals surface area (Å²) in [5.74, 6) is 0.759. The minimum Gasteiger partial charge on any atom is -0.473 e. The van der Waals surface area contributed by atoms with Gasteiger partial charge in [0.15, 0.2) is 0 Å². The third-order valence-electron chi connectivity index (χ3n) is 2.10. The largest absolute Gasteiger partial charge is 0.473 e. The van der Waals surface area contributed by atoms with E-state index in [1.54, 1.807) is 6.92 Å². The zero-order valence-corrected chi connectivity index (χ0v) is 11.1. The van der Waals surface area contributed by atoms with E-state index in [-0.39, 0.29) is 23.4 Å². The van der Waals surface area contributed by atoms with Gasteiger partial charge in [-0.2, -0.15) is 4.98 Å². The van der Waals surface area contributed by atoms with Crippen molar-refractivity contribution >= 4 is 11.5 Å². The van der Waals surface area contributed by atoms with Crippen LogP contribution in [0.25, 0.3) is 0 Å². The summed E-state index contributed by atoms with van der Waals surface area (Å²) in [7, 11) is 0. The summed E-state index contributed by atoms with van der Waals surface area (Å²) < 4.78 is 5.23. The number of hydrogen-bond acceptors (Lipinski definition) is 6. The average Bonchev–Trinajstić information content (AvgIpc) is 2.27. The summed E-state index contributed by atoms with van der Waals surface area (Å²) in [5, 5.41) is 14.1. The van der Waals surface area contributed by atoms with Crippen molar-refractivity contribution in [2.75, 3.05) is 11.9 Å². The Balaban J connectivity index is 3.34. The number of ether oxygens (including phenoxy) is 1. The van der Waals surface area contributed by atoms with Crippen LogP contribution in [-0.2, 0) is 6.42 Å². The molecular formula is C11H18N4O3. The fraction of sp³-hybridized carbons (Fsp3) is 0.636. The summed E-state index contributed by atoms with van der Waals surface area (Å²) in [4.78, 5) is 18.8. The highest BCUT2D eigenvalue weighted by Gasteiger charge is 2.26. The van der Waals surface area contributed by atoms with Crippen molar-refractivity contribution in [2.45, 2.75) is 40.2 Å². The molecule has 0 radical (unpaired) electrons. The van der Waals surface area contributed by atoms with Gasteiger partial charge in [0.05, 0.1) is 11.5 Å². The van der Waals surface area contributed by atoms with Crippen LogP contribution in [0.3, 0.4) is 0 Å². The lowest BCUT2D eigenvalue weighted by Crippen LogP contribution is -2.15. The Kier molecular flexibility index (Phi) is 4.82. The second-order valence-corrected chi connectivity index (χ2v) is 3.98. The Morgan fingerprint density at radius 2 is 2.06 bits per heavy atom. The lowest BCUT2D eigenvalue weighted by Gasteiger charge is -2.12. The van der Waals surface area contributed by atoms with Crippen LogP contribution in [0.1, 0.15) is 33.5 Å². The standard InChI is InChI=1S/C11H18N4O3/c1-5-8-13-10(12-7(3)4)9(15(16)17)11(14-8)18-6-2/h7H,5-6H2,1-4H3,(H,12,13,14). The Bertz CT molecular complexity index is 435. The molecule has 1 heterocycles.